The van der Waals surface area contributed by atoms with Gasteiger partial charge in [0.1, 0.15) is 0 Å². The van der Waals surface area contributed by atoms with E-state index >= 15 is 0 Å². The van der Waals surface area contributed by atoms with Gasteiger partial charge in [0.05, 0.1) is 11.7 Å². The molecule has 1 aromatic heterocycles. The van der Waals surface area contributed by atoms with Crippen LogP contribution in [0, 0.1) is 3.57 Å². The normalized spacial score (nSPS) is 17.5. The van der Waals surface area contributed by atoms with E-state index in [2.05, 4.69) is 63.8 Å². The fraction of sp³-hybridized carbons (Fsp3) is 0.438. The van der Waals surface area contributed by atoms with Crippen LogP contribution in [0.2, 0.25) is 0 Å². The fourth-order valence-electron chi connectivity index (χ4n) is 2.91. The molecule has 1 atom stereocenters. The first-order valence-corrected chi connectivity index (χ1v) is 8.35. The van der Waals surface area contributed by atoms with Gasteiger partial charge in [-0.25, -0.2) is 0 Å². The predicted octanol–water partition coefficient (Wildman–Crippen LogP) is 3.85. The lowest BCUT2D eigenvalue weighted by Gasteiger charge is -2.11. The van der Waals surface area contributed by atoms with Crippen molar-refractivity contribution in [1.29, 1.82) is 0 Å². The van der Waals surface area contributed by atoms with Gasteiger partial charge in [-0.05, 0) is 59.2 Å². The van der Waals surface area contributed by atoms with Gasteiger partial charge < -0.3 is 5.73 Å². The van der Waals surface area contributed by atoms with Crippen LogP contribution in [0.1, 0.15) is 49.0 Å². The Balaban J connectivity index is 1.66. The zero-order valence-corrected chi connectivity index (χ0v) is 13.7. The van der Waals surface area contributed by atoms with Crippen LogP contribution in [0.5, 0.6) is 0 Å². The minimum absolute atomic E-state index is 0.0268. The van der Waals surface area contributed by atoms with Gasteiger partial charge in [-0.15, -0.1) is 0 Å². The summed E-state index contributed by atoms with van der Waals surface area (Å²) < 4.78 is 3.38. The second-order valence-electron chi connectivity index (χ2n) is 5.59. The SMILES string of the molecule is NC(Cc1ccn(C2CCCC2)n1)c1ccc(I)cc1. The summed E-state index contributed by atoms with van der Waals surface area (Å²) >= 11 is 2.31. The molecule has 1 aromatic carbocycles. The Labute approximate surface area is 133 Å². The Hall–Kier alpha value is -0.880. The predicted molar refractivity (Wildman–Crippen MR) is 89.5 cm³/mol. The summed E-state index contributed by atoms with van der Waals surface area (Å²) in [6, 6.07) is 11.2. The molecule has 4 heteroatoms. The van der Waals surface area contributed by atoms with Crippen molar-refractivity contribution < 1.29 is 0 Å². The first-order chi connectivity index (χ1) is 9.72. The molecule has 0 aliphatic heterocycles. The number of benzene rings is 1. The summed E-state index contributed by atoms with van der Waals surface area (Å²) in [6.07, 6.45) is 8.13. The number of aromatic nitrogens is 2. The standard InChI is InChI=1S/C16H20IN3/c17-13-7-5-12(6-8-13)16(18)11-14-9-10-20(19-14)15-3-1-2-4-15/h5-10,15-16H,1-4,11,18H2. The molecule has 0 amide bonds. The van der Waals surface area contributed by atoms with Crippen LogP contribution in [-0.4, -0.2) is 9.78 Å². The van der Waals surface area contributed by atoms with E-state index in [1.807, 2.05) is 0 Å². The molecule has 3 rings (SSSR count). The summed E-state index contributed by atoms with van der Waals surface area (Å²) in [5, 5.41) is 4.71. The Morgan fingerprint density at radius 3 is 2.60 bits per heavy atom. The lowest BCUT2D eigenvalue weighted by atomic mass is 10.0. The molecule has 1 aliphatic carbocycles. The molecule has 1 saturated carbocycles. The molecule has 3 nitrogen and oxygen atoms in total. The summed E-state index contributed by atoms with van der Waals surface area (Å²) in [7, 11) is 0. The van der Waals surface area contributed by atoms with Crippen molar-refractivity contribution in [2.24, 2.45) is 5.73 Å². The molecular formula is C16H20IN3. The minimum atomic E-state index is 0.0268. The quantitative estimate of drug-likeness (QED) is 0.818. The highest BCUT2D eigenvalue weighted by atomic mass is 127. The molecule has 0 bridgehead atoms. The van der Waals surface area contributed by atoms with Crippen molar-refractivity contribution in [1.82, 2.24) is 9.78 Å². The topological polar surface area (TPSA) is 43.8 Å². The number of halogens is 1. The van der Waals surface area contributed by atoms with Crippen LogP contribution >= 0.6 is 22.6 Å². The van der Waals surface area contributed by atoms with E-state index in [-0.39, 0.29) is 6.04 Å². The molecule has 1 aliphatic rings. The second kappa shape index (κ2) is 6.26. The van der Waals surface area contributed by atoms with Crippen LogP contribution < -0.4 is 5.73 Å². The third kappa shape index (κ3) is 3.23. The molecular weight excluding hydrogens is 361 g/mol. The molecule has 20 heavy (non-hydrogen) atoms. The Morgan fingerprint density at radius 2 is 1.90 bits per heavy atom. The van der Waals surface area contributed by atoms with Gasteiger partial charge in [-0.2, -0.15) is 5.10 Å². The molecule has 1 heterocycles. The smallest absolute Gasteiger partial charge is 0.0643 e. The molecule has 2 N–H and O–H groups in total. The van der Waals surface area contributed by atoms with Crippen LogP contribution in [0.25, 0.3) is 0 Å². The van der Waals surface area contributed by atoms with Gasteiger partial charge in [0.2, 0.25) is 0 Å². The second-order valence-corrected chi connectivity index (χ2v) is 6.83. The van der Waals surface area contributed by atoms with E-state index in [0.29, 0.717) is 6.04 Å². The highest BCUT2D eigenvalue weighted by molar-refractivity contribution is 14.1. The maximum atomic E-state index is 6.29. The lowest BCUT2D eigenvalue weighted by molar-refractivity contribution is 0.461. The van der Waals surface area contributed by atoms with Crippen molar-refractivity contribution in [2.75, 3.05) is 0 Å². The van der Waals surface area contributed by atoms with E-state index < -0.39 is 0 Å². The van der Waals surface area contributed by atoms with Crippen LogP contribution in [-0.2, 0) is 6.42 Å². The molecule has 0 radical (unpaired) electrons. The van der Waals surface area contributed by atoms with E-state index in [0.717, 1.165) is 12.1 Å². The highest BCUT2D eigenvalue weighted by Gasteiger charge is 2.18. The van der Waals surface area contributed by atoms with Gasteiger partial charge in [-0.1, -0.05) is 25.0 Å². The zero-order valence-electron chi connectivity index (χ0n) is 11.5. The zero-order chi connectivity index (χ0) is 13.9. The van der Waals surface area contributed by atoms with Gasteiger partial charge in [-0.3, -0.25) is 4.68 Å². The number of hydrogen-bond acceptors (Lipinski definition) is 2. The van der Waals surface area contributed by atoms with E-state index in [1.165, 1.54) is 34.8 Å². The summed E-state index contributed by atoms with van der Waals surface area (Å²) in [5.74, 6) is 0. The number of hydrogen-bond donors (Lipinski definition) is 1. The van der Waals surface area contributed by atoms with Gasteiger partial charge in [0.25, 0.3) is 0 Å². The van der Waals surface area contributed by atoms with Gasteiger partial charge in [0, 0.05) is 22.2 Å². The number of rotatable bonds is 4. The molecule has 1 fully saturated rings. The maximum absolute atomic E-state index is 6.29. The summed E-state index contributed by atoms with van der Waals surface area (Å²) in [5.41, 5.74) is 8.57. The van der Waals surface area contributed by atoms with Crippen molar-refractivity contribution in [3.63, 3.8) is 0 Å². The molecule has 0 saturated heterocycles. The number of nitrogens with two attached hydrogens (primary N) is 1. The van der Waals surface area contributed by atoms with Crippen molar-refractivity contribution in [3.8, 4) is 0 Å². The Bertz CT molecular complexity index is 555. The van der Waals surface area contributed by atoms with E-state index in [1.54, 1.807) is 0 Å². The maximum Gasteiger partial charge on any atom is 0.0643 e. The Morgan fingerprint density at radius 1 is 1.20 bits per heavy atom. The third-order valence-electron chi connectivity index (χ3n) is 4.09. The fourth-order valence-corrected chi connectivity index (χ4v) is 3.27. The van der Waals surface area contributed by atoms with Crippen molar-refractivity contribution in [2.45, 2.75) is 44.2 Å². The van der Waals surface area contributed by atoms with E-state index in [4.69, 9.17) is 10.8 Å². The van der Waals surface area contributed by atoms with Gasteiger partial charge >= 0.3 is 0 Å². The summed E-state index contributed by atoms with van der Waals surface area (Å²) in [4.78, 5) is 0. The van der Waals surface area contributed by atoms with Crippen molar-refractivity contribution >= 4 is 22.6 Å². The third-order valence-corrected chi connectivity index (χ3v) is 4.81. The monoisotopic (exact) mass is 381 g/mol. The van der Waals surface area contributed by atoms with Crippen LogP contribution in [0.4, 0.5) is 0 Å². The van der Waals surface area contributed by atoms with Crippen LogP contribution in [0.15, 0.2) is 36.5 Å². The van der Waals surface area contributed by atoms with Gasteiger partial charge in [0.15, 0.2) is 0 Å². The van der Waals surface area contributed by atoms with E-state index in [9.17, 15) is 0 Å². The average Bonchev–Trinajstić information content (AvgIpc) is 3.09. The largest absolute Gasteiger partial charge is 0.324 e. The molecule has 0 spiro atoms. The summed E-state index contributed by atoms with van der Waals surface area (Å²) in [6.45, 7) is 0. The average molecular weight is 381 g/mol. The first kappa shape index (κ1) is 14.1. The molecule has 1 unspecified atom stereocenters. The minimum Gasteiger partial charge on any atom is -0.324 e. The highest BCUT2D eigenvalue weighted by Crippen LogP contribution is 2.29. The first-order valence-electron chi connectivity index (χ1n) is 7.27. The molecule has 2 aromatic rings. The van der Waals surface area contributed by atoms with Crippen molar-refractivity contribution in [3.05, 3.63) is 51.4 Å². The molecule has 106 valence electrons. The Kier molecular flexibility index (Phi) is 4.41. The number of nitrogens with zero attached hydrogens (tertiary/aromatic N) is 2. The van der Waals surface area contributed by atoms with Crippen LogP contribution in [0.3, 0.4) is 0 Å². The lowest BCUT2D eigenvalue weighted by Crippen LogP contribution is -2.14.